The number of nitrogens with one attached hydrogen (secondary N) is 2. The molecule has 0 aromatic carbocycles. The number of halogens is 1. The minimum absolute atomic E-state index is 0. The Morgan fingerprint density at radius 3 is 2.77 bits per heavy atom. The summed E-state index contributed by atoms with van der Waals surface area (Å²) in [6, 6.07) is 0.339. The highest BCUT2D eigenvalue weighted by Gasteiger charge is 2.22. The van der Waals surface area contributed by atoms with E-state index in [4.69, 9.17) is 9.41 Å². The molecule has 9 nitrogen and oxygen atoms in total. The fraction of sp³-hybridized carbons (Fsp3) is 0.714. The molecule has 0 radical (unpaired) electrons. The first-order valence-electron chi connectivity index (χ1n) is 11.2. The van der Waals surface area contributed by atoms with Crippen LogP contribution < -0.4 is 10.6 Å². The van der Waals surface area contributed by atoms with Crippen LogP contribution in [0.2, 0.25) is 0 Å². The van der Waals surface area contributed by atoms with Gasteiger partial charge in [0.15, 0.2) is 5.96 Å². The number of hydrogen-bond acceptors (Lipinski definition) is 6. The van der Waals surface area contributed by atoms with Crippen molar-refractivity contribution in [1.82, 2.24) is 35.3 Å². The molecule has 10 heteroatoms. The molecule has 1 atom stereocenters. The van der Waals surface area contributed by atoms with Crippen LogP contribution in [0.15, 0.2) is 15.7 Å². The second-order valence-corrected chi connectivity index (χ2v) is 8.43. The lowest BCUT2D eigenvalue weighted by Crippen LogP contribution is -2.47. The zero-order chi connectivity index (χ0) is 20.9. The summed E-state index contributed by atoms with van der Waals surface area (Å²) >= 11 is 0. The Bertz CT molecular complexity index is 836. The first kappa shape index (κ1) is 24.0. The molecule has 1 saturated heterocycles. The lowest BCUT2D eigenvalue weighted by Gasteiger charge is -2.30. The summed E-state index contributed by atoms with van der Waals surface area (Å²) in [4.78, 5) is 16.2. The molecule has 4 rings (SSSR count). The number of rotatable bonds is 6. The van der Waals surface area contributed by atoms with Gasteiger partial charge in [-0.1, -0.05) is 0 Å². The van der Waals surface area contributed by atoms with Gasteiger partial charge in [-0.25, -0.2) is 14.6 Å². The van der Waals surface area contributed by atoms with Crippen LogP contribution in [0.5, 0.6) is 0 Å². The quantitative estimate of drug-likeness (QED) is 0.329. The van der Waals surface area contributed by atoms with Crippen LogP contribution in [-0.2, 0) is 19.5 Å². The number of aliphatic imine (C=N–C) groups is 1. The highest BCUT2D eigenvalue weighted by atomic mass is 127. The summed E-state index contributed by atoms with van der Waals surface area (Å²) in [5.41, 5.74) is 0.996. The number of piperidine rings is 1. The number of likely N-dealkylation sites (tertiary alicyclic amines) is 1. The van der Waals surface area contributed by atoms with Crippen molar-refractivity contribution in [3.05, 3.63) is 29.5 Å². The van der Waals surface area contributed by atoms with Gasteiger partial charge in [-0.15, -0.1) is 24.0 Å². The van der Waals surface area contributed by atoms with Gasteiger partial charge in [-0.05, 0) is 59.0 Å². The number of fused-ring (bicyclic) bond motifs is 1. The van der Waals surface area contributed by atoms with Gasteiger partial charge in [0.1, 0.15) is 17.9 Å². The first-order chi connectivity index (χ1) is 14.6. The number of aryl methyl sites for hydroxylation is 3. The van der Waals surface area contributed by atoms with E-state index in [1.54, 1.807) is 6.33 Å². The zero-order valence-electron chi connectivity index (χ0n) is 18.8. The first-order valence-corrected chi connectivity index (χ1v) is 11.2. The molecule has 31 heavy (non-hydrogen) atoms. The summed E-state index contributed by atoms with van der Waals surface area (Å²) in [6.07, 6.45) is 5.98. The van der Waals surface area contributed by atoms with Crippen molar-refractivity contribution in [3.8, 4) is 0 Å². The minimum atomic E-state index is 0. The third kappa shape index (κ3) is 6.41. The Kier molecular flexibility index (Phi) is 8.70. The van der Waals surface area contributed by atoms with E-state index < -0.39 is 0 Å². The molecule has 0 saturated carbocycles. The maximum Gasteiger partial charge on any atom is 0.208 e. The van der Waals surface area contributed by atoms with E-state index in [2.05, 4.69) is 37.5 Å². The number of aromatic nitrogens is 4. The van der Waals surface area contributed by atoms with E-state index >= 15 is 0 Å². The van der Waals surface area contributed by atoms with E-state index in [0.29, 0.717) is 12.0 Å². The number of guanidine groups is 1. The van der Waals surface area contributed by atoms with Crippen LogP contribution in [-0.4, -0.2) is 62.8 Å². The number of oxazole rings is 1. The topological polar surface area (TPSA) is 96.4 Å². The Hall–Kier alpha value is -1.69. The molecule has 0 spiro atoms. The summed E-state index contributed by atoms with van der Waals surface area (Å²) in [6.45, 7) is 11.6. The van der Waals surface area contributed by atoms with Gasteiger partial charge in [-0.3, -0.25) is 9.89 Å². The maximum atomic E-state index is 5.74. The lowest BCUT2D eigenvalue weighted by atomic mass is 9.97. The summed E-state index contributed by atoms with van der Waals surface area (Å²) in [5, 5.41) is 11.3. The van der Waals surface area contributed by atoms with E-state index in [-0.39, 0.29) is 24.0 Å². The Balaban J connectivity index is 0.00000272. The van der Waals surface area contributed by atoms with Crippen LogP contribution in [0.1, 0.15) is 49.4 Å². The standard InChI is InChI=1S/C21H34N8O.HI/c1-4-22-21(27-18-5-6-19-24-14-25-29(19)12-18)23-11-17-7-9-28(10-8-17)13-20-26-15(2)16(3)30-20;/h14,17-18H,4-13H2,1-3H3,(H2,22,23,27);1H. The van der Waals surface area contributed by atoms with Crippen LogP contribution in [0.25, 0.3) is 0 Å². The Morgan fingerprint density at radius 1 is 1.26 bits per heavy atom. The SMILES string of the molecule is CCNC(=NCC1CCN(Cc2nc(C)c(C)o2)CC1)NC1CCc2ncnn2C1.I. The average Bonchev–Trinajstić information content (AvgIpc) is 3.33. The molecular formula is C21H35IN8O. The molecule has 172 valence electrons. The van der Waals surface area contributed by atoms with Gasteiger partial charge in [-0.2, -0.15) is 5.10 Å². The fourth-order valence-electron chi connectivity index (χ4n) is 4.21. The number of nitrogens with zero attached hydrogens (tertiary/aromatic N) is 6. The molecule has 2 aromatic heterocycles. The van der Waals surface area contributed by atoms with E-state index in [9.17, 15) is 0 Å². The molecule has 2 aliphatic heterocycles. The van der Waals surface area contributed by atoms with Crippen LogP contribution in [0.3, 0.4) is 0 Å². The fourth-order valence-corrected chi connectivity index (χ4v) is 4.21. The zero-order valence-corrected chi connectivity index (χ0v) is 21.1. The van der Waals surface area contributed by atoms with Crippen molar-refractivity contribution in [3.63, 3.8) is 0 Å². The van der Waals surface area contributed by atoms with Crippen molar-refractivity contribution >= 4 is 29.9 Å². The smallest absolute Gasteiger partial charge is 0.208 e. The van der Waals surface area contributed by atoms with E-state index in [0.717, 1.165) is 94.1 Å². The molecule has 0 bridgehead atoms. The third-order valence-corrected chi connectivity index (χ3v) is 6.14. The maximum absolute atomic E-state index is 5.74. The van der Waals surface area contributed by atoms with Gasteiger partial charge in [0, 0.05) is 25.6 Å². The molecule has 1 unspecified atom stereocenters. The van der Waals surface area contributed by atoms with Gasteiger partial charge in [0.05, 0.1) is 18.8 Å². The van der Waals surface area contributed by atoms with Gasteiger partial charge in [0.2, 0.25) is 5.89 Å². The number of hydrogen-bond donors (Lipinski definition) is 2. The largest absolute Gasteiger partial charge is 0.444 e. The molecule has 0 aliphatic carbocycles. The van der Waals surface area contributed by atoms with Gasteiger partial charge >= 0.3 is 0 Å². The van der Waals surface area contributed by atoms with Crippen molar-refractivity contribution in [2.75, 3.05) is 26.2 Å². The highest BCUT2D eigenvalue weighted by Crippen LogP contribution is 2.20. The van der Waals surface area contributed by atoms with Crippen molar-refractivity contribution in [1.29, 1.82) is 0 Å². The molecule has 2 aliphatic rings. The molecule has 2 aromatic rings. The van der Waals surface area contributed by atoms with E-state index in [1.165, 1.54) is 0 Å². The van der Waals surface area contributed by atoms with Crippen molar-refractivity contribution < 1.29 is 4.42 Å². The Morgan fingerprint density at radius 2 is 2.06 bits per heavy atom. The lowest BCUT2D eigenvalue weighted by molar-refractivity contribution is 0.166. The van der Waals surface area contributed by atoms with Gasteiger partial charge < -0.3 is 15.1 Å². The van der Waals surface area contributed by atoms with Crippen LogP contribution in [0.4, 0.5) is 0 Å². The molecule has 0 amide bonds. The molecule has 2 N–H and O–H groups in total. The van der Waals surface area contributed by atoms with Gasteiger partial charge in [0.25, 0.3) is 0 Å². The van der Waals surface area contributed by atoms with Crippen LogP contribution >= 0.6 is 24.0 Å². The average molecular weight is 542 g/mol. The molecule has 1 fully saturated rings. The summed E-state index contributed by atoms with van der Waals surface area (Å²) < 4.78 is 7.73. The monoisotopic (exact) mass is 542 g/mol. The Labute approximate surface area is 201 Å². The van der Waals surface area contributed by atoms with Crippen molar-refractivity contribution in [2.24, 2.45) is 10.9 Å². The molecular weight excluding hydrogens is 507 g/mol. The second kappa shape index (κ2) is 11.3. The van der Waals surface area contributed by atoms with Crippen LogP contribution in [0, 0.1) is 19.8 Å². The third-order valence-electron chi connectivity index (χ3n) is 6.14. The van der Waals surface area contributed by atoms with Crippen molar-refractivity contribution in [2.45, 2.75) is 65.6 Å². The highest BCUT2D eigenvalue weighted by molar-refractivity contribution is 14.0. The molecule has 4 heterocycles. The summed E-state index contributed by atoms with van der Waals surface area (Å²) in [5.74, 6) is 4.38. The predicted molar refractivity (Wildman–Crippen MR) is 131 cm³/mol. The predicted octanol–water partition coefficient (Wildman–Crippen LogP) is 2.28. The summed E-state index contributed by atoms with van der Waals surface area (Å²) in [7, 11) is 0. The normalized spacial score (nSPS) is 20.2. The minimum Gasteiger partial charge on any atom is -0.444 e. The van der Waals surface area contributed by atoms with E-state index in [1.807, 2.05) is 18.5 Å². The second-order valence-electron chi connectivity index (χ2n) is 8.43.